The van der Waals surface area contributed by atoms with Gasteiger partial charge in [0.15, 0.2) is 0 Å². The van der Waals surface area contributed by atoms with Crippen LogP contribution < -0.4 is 16.0 Å². The topological polar surface area (TPSA) is 128 Å². The van der Waals surface area contributed by atoms with Gasteiger partial charge >= 0.3 is 0 Å². The van der Waals surface area contributed by atoms with Gasteiger partial charge in [0.1, 0.15) is 6.04 Å². The van der Waals surface area contributed by atoms with Gasteiger partial charge in [-0.1, -0.05) is 12.1 Å². The summed E-state index contributed by atoms with van der Waals surface area (Å²) in [6.45, 7) is 2.56. The quantitative estimate of drug-likeness (QED) is 0.509. The van der Waals surface area contributed by atoms with E-state index in [1.165, 1.54) is 0 Å². The van der Waals surface area contributed by atoms with Crippen molar-refractivity contribution in [1.29, 1.82) is 0 Å². The number of carbonyl (C=O) groups excluding carboxylic acids is 5. The zero-order valence-corrected chi connectivity index (χ0v) is 16.2. The minimum absolute atomic E-state index is 0.0762. The monoisotopic (exact) mass is 411 g/mol. The number of hydrogen-bond donors (Lipinski definition) is 3. The second-order valence-electron chi connectivity index (χ2n) is 8.25. The number of nitrogens with one attached hydrogen (secondary N) is 3. The molecule has 0 aromatic heterocycles. The predicted molar refractivity (Wildman–Crippen MR) is 102 cm³/mol. The molecule has 5 amide bonds. The molecule has 10 nitrogen and oxygen atoms in total. The molecule has 4 aliphatic heterocycles. The van der Waals surface area contributed by atoms with Gasteiger partial charge in [0.25, 0.3) is 11.8 Å². The van der Waals surface area contributed by atoms with E-state index in [0.717, 1.165) is 18.0 Å². The standard InChI is InChI=1S/C20H21N5O5/c26-14-5-4-13(17(28)23-14)25-18(29)12-3-1-2-11(16(12)19(25)30)6-24-7-15(27)22-10-20(24)8-21-9-20/h1-3,13,21H,4-10H2,(H,22,27)(H,23,26,28). The van der Waals surface area contributed by atoms with Crippen LogP contribution in [-0.4, -0.2) is 77.1 Å². The number of carbonyl (C=O) groups is 5. The Bertz CT molecular complexity index is 1000. The molecule has 0 saturated carbocycles. The van der Waals surface area contributed by atoms with Crippen molar-refractivity contribution in [2.75, 3.05) is 26.2 Å². The molecule has 0 radical (unpaired) electrons. The number of fused-ring (bicyclic) bond motifs is 1. The van der Waals surface area contributed by atoms with Crippen LogP contribution >= 0.6 is 0 Å². The van der Waals surface area contributed by atoms with E-state index in [1.54, 1.807) is 18.2 Å². The summed E-state index contributed by atoms with van der Waals surface area (Å²) in [6, 6.07) is 4.08. The first-order valence-corrected chi connectivity index (χ1v) is 9.96. The average Bonchev–Trinajstić information content (AvgIpc) is 2.93. The first kappa shape index (κ1) is 18.9. The number of piperazine rings is 1. The Morgan fingerprint density at radius 2 is 1.80 bits per heavy atom. The summed E-state index contributed by atoms with van der Waals surface area (Å²) in [5, 5.41) is 8.33. The normalized spacial score (nSPS) is 25.8. The molecule has 3 N–H and O–H groups in total. The van der Waals surface area contributed by atoms with Crippen molar-refractivity contribution >= 4 is 29.5 Å². The fourth-order valence-electron chi connectivity index (χ4n) is 4.68. The number of rotatable bonds is 3. The Morgan fingerprint density at radius 3 is 2.50 bits per heavy atom. The van der Waals surface area contributed by atoms with Gasteiger partial charge in [-0.3, -0.25) is 39.1 Å². The Kier molecular flexibility index (Phi) is 4.23. The van der Waals surface area contributed by atoms with E-state index < -0.39 is 29.7 Å². The minimum Gasteiger partial charge on any atom is -0.353 e. The van der Waals surface area contributed by atoms with Gasteiger partial charge in [0.05, 0.1) is 23.2 Å². The zero-order chi connectivity index (χ0) is 21.0. The van der Waals surface area contributed by atoms with E-state index >= 15 is 0 Å². The van der Waals surface area contributed by atoms with Crippen LogP contribution in [0.25, 0.3) is 0 Å². The molecule has 0 aliphatic carbocycles. The molecule has 1 spiro atoms. The van der Waals surface area contributed by atoms with Crippen molar-refractivity contribution in [2.24, 2.45) is 0 Å². The highest BCUT2D eigenvalue weighted by Gasteiger charge is 2.48. The summed E-state index contributed by atoms with van der Waals surface area (Å²) >= 11 is 0. The lowest BCUT2D eigenvalue weighted by Crippen LogP contribution is -2.76. The van der Waals surface area contributed by atoms with Crippen molar-refractivity contribution in [3.63, 3.8) is 0 Å². The lowest BCUT2D eigenvalue weighted by atomic mass is 9.87. The van der Waals surface area contributed by atoms with Crippen molar-refractivity contribution in [3.8, 4) is 0 Å². The third-order valence-electron chi connectivity index (χ3n) is 6.44. The van der Waals surface area contributed by atoms with Crippen molar-refractivity contribution in [1.82, 2.24) is 25.8 Å². The first-order valence-electron chi connectivity index (χ1n) is 9.96. The number of nitrogens with zero attached hydrogens (tertiary/aromatic N) is 2. The van der Waals surface area contributed by atoms with E-state index in [0.29, 0.717) is 18.7 Å². The van der Waals surface area contributed by atoms with Crippen LogP contribution in [0, 0.1) is 0 Å². The number of piperidine rings is 1. The maximum absolute atomic E-state index is 13.2. The molecule has 10 heteroatoms. The Morgan fingerprint density at radius 1 is 1.00 bits per heavy atom. The molecule has 156 valence electrons. The lowest BCUT2D eigenvalue weighted by Gasteiger charge is -2.53. The van der Waals surface area contributed by atoms with Crippen LogP contribution in [0.1, 0.15) is 39.1 Å². The van der Waals surface area contributed by atoms with E-state index in [4.69, 9.17) is 0 Å². The van der Waals surface area contributed by atoms with Gasteiger partial charge in [0, 0.05) is 32.6 Å². The highest BCUT2D eigenvalue weighted by Crippen LogP contribution is 2.32. The van der Waals surface area contributed by atoms with Gasteiger partial charge in [-0.2, -0.15) is 0 Å². The molecule has 3 fully saturated rings. The first-order chi connectivity index (χ1) is 14.4. The maximum atomic E-state index is 13.2. The predicted octanol–water partition coefficient (Wildman–Crippen LogP) is -1.64. The van der Waals surface area contributed by atoms with E-state index in [-0.39, 0.29) is 42.0 Å². The number of benzene rings is 1. The molecule has 4 heterocycles. The van der Waals surface area contributed by atoms with Crippen LogP contribution in [0.15, 0.2) is 18.2 Å². The van der Waals surface area contributed by atoms with Crippen molar-refractivity contribution in [2.45, 2.75) is 31.0 Å². The van der Waals surface area contributed by atoms with Crippen molar-refractivity contribution in [3.05, 3.63) is 34.9 Å². The molecular formula is C20H21N5O5. The highest BCUT2D eigenvalue weighted by molar-refractivity contribution is 6.24. The van der Waals surface area contributed by atoms with Gasteiger partial charge in [-0.25, -0.2) is 0 Å². The molecule has 5 rings (SSSR count). The van der Waals surface area contributed by atoms with Gasteiger partial charge in [0.2, 0.25) is 17.7 Å². The molecular weight excluding hydrogens is 390 g/mol. The largest absolute Gasteiger partial charge is 0.353 e. The van der Waals surface area contributed by atoms with E-state index in [2.05, 4.69) is 16.0 Å². The Labute approximate surface area is 171 Å². The average molecular weight is 411 g/mol. The molecule has 1 unspecified atom stereocenters. The van der Waals surface area contributed by atoms with Crippen LogP contribution in [0.3, 0.4) is 0 Å². The number of amides is 5. The molecule has 1 aromatic rings. The Hall–Kier alpha value is -3.11. The fraction of sp³-hybridized carbons (Fsp3) is 0.450. The van der Waals surface area contributed by atoms with Crippen LogP contribution in [0.2, 0.25) is 0 Å². The van der Waals surface area contributed by atoms with Gasteiger partial charge in [-0.05, 0) is 18.1 Å². The summed E-state index contributed by atoms with van der Waals surface area (Å²) in [4.78, 5) is 64.9. The Balaban J connectivity index is 1.46. The summed E-state index contributed by atoms with van der Waals surface area (Å²) < 4.78 is 0. The number of hydrogen-bond acceptors (Lipinski definition) is 7. The van der Waals surface area contributed by atoms with Crippen LogP contribution in [0.5, 0.6) is 0 Å². The van der Waals surface area contributed by atoms with E-state index in [1.807, 2.05) is 4.90 Å². The molecule has 4 aliphatic rings. The molecule has 1 atom stereocenters. The molecule has 3 saturated heterocycles. The van der Waals surface area contributed by atoms with Crippen LogP contribution in [-0.2, 0) is 20.9 Å². The smallest absolute Gasteiger partial charge is 0.262 e. The lowest BCUT2D eigenvalue weighted by molar-refractivity contribution is -0.136. The SMILES string of the molecule is O=C1CN(Cc2cccc3c2C(=O)N(C2CCC(=O)NC2=O)C3=O)C2(CNC2)CN1. The number of imide groups is 2. The maximum Gasteiger partial charge on any atom is 0.262 e. The summed E-state index contributed by atoms with van der Waals surface area (Å²) in [6.07, 6.45) is 0.196. The summed E-state index contributed by atoms with van der Waals surface area (Å²) in [5.74, 6) is -2.16. The summed E-state index contributed by atoms with van der Waals surface area (Å²) in [7, 11) is 0. The zero-order valence-electron chi connectivity index (χ0n) is 16.2. The second kappa shape index (κ2) is 6.71. The third-order valence-corrected chi connectivity index (χ3v) is 6.44. The summed E-state index contributed by atoms with van der Waals surface area (Å²) in [5.41, 5.74) is 0.984. The van der Waals surface area contributed by atoms with E-state index in [9.17, 15) is 24.0 Å². The minimum atomic E-state index is -0.995. The third kappa shape index (κ3) is 2.75. The highest BCUT2D eigenvalue weighted by atomic mass is 16.2. The van der Waals surface area contributed by atoms with Crippen LogP contribution in [0.4, 0.5) is 0 Å². The van der Waals surface area contributed by atoms with Gasteiger partial charge in [-0.15, -0.1) is 0 Å². The molecule has 0 bridgehead atoms. The van der Waals surface area contributed by atoms with Gasteiger partial charge < -0.3 is 10.6 Å². The molecule has 30 heavy (non-hydrogen) atoms. The van der Waals surface area contributed by atoms with Crippen molar-refractivity contribution < 1.29 is 24.0 Å². The fourth-order valence-corrected chi connectivity index (χ4v) is 4.68. The second-order valence-corrected chi connectivity index (χ2v) is 8.25. The molecule has 1 aromatic carbocycles.